The number of carbonyl (C=O) groups is 2. The van der Waals surface area contributed by atoms with Crippen LogP contribution >= 0.6 is 11.6 Å². The molecule has 0 spiro atoms. The Morgan fingerprint density at radius 2 is 1.81 bits per heavy atom. The number of nitrogens with zero attached hydrogens (tertiary/aromatic N) is 1. The van der Waals surface area contributed by atoms with Gasteiger partial charge >= 0.3 is 12.1 Å². The zero-order chi connectivity index (χ0) is 22.0. The summed E-state index contributed by atoms with van der Waals surface area (Å²) in [6.45, 7) is 3.96. The van der Waals surface area contributed by atoms with Crippen molar-refractivity contribution in [3.05, 3.63) is 76.5 Å². The molecule has 0 saturated carbocycles. The molecule has 3 aromatic rings. The summed E-state index contributed by atoms with van der Waals surface area (Å²) in [5, 5.41) is 1.47. The number of fused-ring (bicyclic) bond motifs is 3. The number of benzene rings is 2. The van der Waals surface area contributed by atoms with Gasteiger partial charge < -0.3 is 14.2 Å². The van der Waals surface area contributed by atoms with Crippen LogP contribution in [0.25, 0.3) is 10.9 Å². The average molecular weight is 440 g/mol. The van der Waals surface area contributed by atoms with Gasteiger partial charge in [-0.25, -0.2) is 14.2 Å². The highest BCUT2D eigenvalue weighted by atomic mass is 35.5. The average Bonchev–Trinajstić information content (AvgIpc) is 3.08. The fourth-order valence-corrected chi connectivity index (χ4v) is 4.21. The molecule has 31 heavy (non-hydrogen) atoms. The van der Waals surface area contributed by atoms with Crippen molar-refractivity contribution >= 4 is 34.6 Å². The van der Waals surface area contributed by atoms with E-state index in [0.717, 1.165) is 16.5 Å². The molecule has 0 radical (unpaired) electrons. The van der Waals surface area contributed by atoms with Crippen LogP contribution in [-0.2, 0) is 14.3 Å². The first-order valence-electron chi connectivity index (χ1n) is 10.1. The van der Waals surface area contributed by atoms with Crippen molar-refractivity contribution in [1.82, 2.24) is 4.57 Å². The van der Waals surface area contributed by atoms with Gasteiger partial charge in [0.15, 0.2) is 0 Å². The van der Waals surface area contributed by atoms with E-state index in [0.29, 0.717) is 28.6 Å². The molecule has 7 heteroatoms. The van der Waals surface area contributed by atoms with E-state index >= 15 is 0 Å². The minimum Gasteiger partial charge on any atom is -0.463 e. The standard InChI is InChI=1S/C24H22ClNO5/c1-3-29-21(27)14-15-13-18(16-9-5-7-11-19(16)25)22-17-10-6-8-12-20(17)26(23(22)31-15)24(28)30-4-2/h5-12,14,18H,3-4,13H2,1-2H3/b15-14+. The first-order valence-corrected chi connectivity index (χ1v) is 10.5. The molecule has 1 aromatic heterocycles. The molecule has 4 rings (SSSR count). The summed E-state index contributed by atoms with van der Waals surface area (Å²) in [6, 6.07) is 15.1. The van der Waals surface area contributed by atoms with Crippen molar-refractivity contribution in [2.45, 2.75) is 26.2 Å². The Labute approximate surface area is 185 Å². The van der Waals surface area contributed by atoms with E-state index in [1.807, 2.05) is 48.5 Å². The predicted octanol–water partition coefficient (Wildman–Crippen LogP) is 5.66. The van der Waals surface area contributed by atoms with Crippen molar-refractivity contribution < 1.29 is 23.8 Å². The third kappa shape index (κ3) is 3.91. The lowest BCUT2D eigenvalue weighted by Crippen LogP contribution is -2.20. The lowest BCUT2D eigenvalue weighted by Gasteiger charge is -2.27. The molecule has 1 atom stereocenters. The minimum absolute atomic E-state index is 0.222. The maximum Gasteiger partial charge on any atom is 0.421 e. The quantitative estimate of drug-likeness (QED) is 0.387. The van der Waals surface area contributed by atoms with Crippen LogP contribution in [-0.4, -0.2) is 29.8 Å². The van der Waals surface area contributed by atoms with Crippen molar-refractivity contribution in [1.29, 1.82) is 0 Å². The summed E-state index contributed by atoms with van der Waals surface area (Å²) in [7, 11) is 0. The number of allylic oxidation sites excluding steroid dienone is 1. The van der Waals surface area contributed by atoms with Crippen LogP contribution in [0.2, 0.25) is 5.02 Å². The smallest absolute Gasteiger partial charge is 0.421 e. The molecule has 0 fully saturated rings. The molecular formula is C24H22ClNO5. The molecule has 2 aromatic carbocycles. The van der Waals surface area contributed by atoms with Crippen LogP contribution in [0.5, 0.6) is 5.88 Å². The molecule has 0 bridgehead atoms. The number of halogens is 1. The summed E-state index contributed by atoms with van der Waals surface area (Å²) < 4.78 is 17.9. The molecule has 6 nitrogen and oxygen atoms in total. The van der Waals surface area contributed by atoms with Crippen LogP contribution < -0.4 is 4.74 Å². The number of rotatable bonds is 4. The van der Waals surface area contributed by atoms with Crippen LogP contribution in [0.15, 0.2) is 60.4 Å². The number of esters is 1. The second-order valence-electron chi connectivity index (χ2n) is 7.01. The molecule has 1 aliphatic heterocycles. The Kier molecular flexibility index (Phi) is 6.00. The Balaban J connectivity index is 1.97. The lowest BCUT2D eigenvalue weighted by atomic mass is 9.85. The first-order chi connectivity index (χ1) is 15.0. The maximum atomic E-state index is 12.9. The molecule has 1 unspecified atom stereocenters. The summed E-state index contributed by atoms with van der Waals surface area (Å²) in [5.41, 5.74) is 2.38. The number of carbonyl (C=O) groups excluding carboxylic acids is 2. The van der Waals surface area contributed by atoms with Gasteiger partial charge in [0.2, 0.25) is 5.88 Å². The van der Waals surface area contributed by atoms with Crippen molar-refractivity contribution in [3.63, 3.8) is 0 Å². The van der Waals surface area contributed by atoms with Crippen molar-refractivity contribution in [2.75, 3.05) is 13.2 Å². The Hall–Kier alpha value is -3.25. The fraction of sp³-hybridized carbons (Fsp3) is 0.250. The van der Waals surface area contributed by atoms with E-state index in [1.165, 1.54) is 10.6 Å². The summed E-state index contributed by atoms with van der Waals surface area (Å²) in [4.78, 5) is 25.0. The van der Waals surface area contributed by atoms with Crippen molar-refractivity contribution in [2.24, 2.45) is 0 Å². The van der Waals surface area contributed by atoms with E-state index in [1.54, 1.807) is 13.8 Å². The largest absolute Gasteiger partial charge is 0.463 e. The van der Waals surface area contributed by atoms with E-state index in [4.69, 9.17) is 25.8 Å². The van der Waals surface area contributed by atoms with Gasteiger partial charge in [-0.05, 0) is 31.5 Å². The van der Waals surface area contributed by atoms with Gasteiger partial charge in [0.25, 0.3) is 0 Å². The fourth-order valence-electron chi connectivity index (χ4n) is 3.94. The molecule has 160 valence electrons. The van der Waals surface area contributed by atoms with Crippen LogP contribution in [0.4, 0.5) is 4.79 Å². The van der Waals surface area contributed by atoms with Gasteiger partial charge in [-0.2, -0.15) is 0 Å². The SMILES string of the molecule is CCOC(=O)/C=C1\CC(c2ccccc2Cl)c2c(n(C(=O)OCC)c3ccccc23)O1. The normalized spacial score (nSPS) is 16.6. The van der Waals surface area contributed by atoms with Crippen LogP contribution in [0.1, 0.15) is 37.3 Å². The zero-order valence-corrected chi connectivity index (χ0v) is 18.0. The van der Waals surface area contributed by atoms with Gasteiger partial charge in [0.05, 0.1) is 24.8 Å². The molecule has 0 aliphatic carbocycles. The second kappa shape index (κ2) is 8.86. The summed E-state index contributed by atoms with van der Waals surface area (Å²) in [5.74, 6) is -0.00745. The highest BCUT2D eigenvalue weighted by Crippen LogP contribution is 2.48. The van der Waals surface area contributed by atoms with E-state index in [9.17, 15) is 9.59 Å². The van der Waals surface area contributed by atoms with Crippen LogP contribution in [0, 0.1) is 0 Å². The highest BCUT2D eigenvalue weighted by Gasteiger charge is 2.35. The molecule has 0 N–H and O–H groups in total. The maximum absolute atomic E-state index is 12.9. The zero-order valence-electron chi connectivity index (χ0n) is 17.3. The molecule has 0 amide bonds. The molecule has 1 aliphatic rings. The van der Waals surface area contributed by atoms with Crippen molar-refractivity contribution in [3.8, 4) is 5.88 Å². The third-order valence-corrected chi connectivity index (χ3v) is 5.49. The minimum atomic E-state index is -0.546. The molecule has 0 saturated heterocycles. The van der Waals surface area contributed by atoms with E-state index in [2.05, 4.69) is 0 Å². The number of ether oxygens (including phenoxy) is 3. The number of aromatic nitrogens is 1. The van der Waals surface area contributed by atoms with Gasteiger partial charge in [-0.1, -0.05) is 48.0 Å². The lowest BCUT2D eigenvalue weighted by molar-refractivity contribution is -0.137. The first kappa shape index (κ1) is 21.0. The highest BCUT2D eigenvalue weighted by molar-refractivity contribution is 6.31. The Morgan fingerprint density at radius 1 is 1.10 bits per heavy atom. The topological polar surface area (TPSA) is 66.8 Å². The van der Waals surface area contributed by atoms with Gasteiger partial charge in [-0.3, -0.25) is 0 Å². The number of para-hydroxylation sites is 1. The molecule has 2 heterocycles. The predicted molar refractivity (Wildman–Crippen MR) is 118 cm³/mol. The summed E-state index contributed by atoms with van der Waals surface area (Å²) in [6.07, 6.45) is 1.17. The van der Waals surface area contributed by atoms with Crippen LogP contribution in [0.3, 0.4) is 0 Å². The van der Waals surface area contributed by atoms with Gasteiger partial charge in [-0.15, -0.1) is 0 Å². The van der Waals surface area contributed by atoms with E-state index in [-0.39, 0.29) is 19.1 Å². The Morgan fingerprint density at radius 3 is 2.55 bits per heavy atom. The third-order valence-electron chi connectivity index (χ3n) is 5.15. The van der Waals surface area contributed by atoms with Gasteiger partial charge in [0, 0.05) is 28.3 Å². The number of hydrogen-bond donors (Lipinski definition) is 0. The Bertz CT molecular complexity index is 1180. The van der Waals surface area contributed by atoms with E-state index < -0.39 is 12.1 Å². The number of hydrogen-bond acceptors (Lipinski definition) is 5. The monoisotopic (exact) mass is 439 g/mol. The molecular weight excluding hydrogens is 418 g/mol. The summed E-state index contributed by atoms with van der Waals surface area (Å²) >= 11 is 6.55. The second-order valence-corrected chi connectivity index (χ2v) is 7.42. The van der Waals surface area contributed by atoms with Gasteiger partial charge in [0.1, 0.15) is 5.76 Å².